The number of nitrogens with one attached hydrogen (secondary N) is 2. The topological polar surface area (TPSA) is 62.7 Å². The third-order valence-electron chi connectivity index (χ3n) is 4.04. The molecule has 2 N–H and O–H groups in total. The standard InChI is InChI=1S/C18H20N4OS2/c1-12-5-6-14(13(2)10-12)11-19-16(23)7-8-22-17(20-21-18(22)24)15-4-3-9-25-15/h3-6,9-10H,7-8,11H2,1-2H3,(H,19,23)(H,21,24). The number of benzene rings is 1. The number of aromatic amines is 1. The van der Waals surface area contributed by atoms with Crippen LogP contribution < -0.4 is 5.32 Å². The van der Waals surface area contributed by atoms with Crippen LogP contribution in [0.1, 0.15) is 23.1 Å². The van der Waals surface area contributed by atoms with Gasteiger partial charge in [-0.1, -0.05) is 29.8 Å². The van der Waals surface area contributed by atoms with Crippen LogP contribution in [0.2, 0.25) is 0 Å². The third kappa shape index (κ3) is 4.24. The van der Waals surface area contributed by atoms with Gasteiger partial charge in [-0.2, -0.15) is 5.10 Å². The van der Waals surface area contributed by atoms with E-state index in [2.05, 4.69) is 47.6 Å². The van der Waals surface area contributed by atoms with Crippen molar-refractivity contribution >= 4 is 29.5 Å². The Hall–Kier alpha value is -2.25. The number of nitrogens with zero attached hydrogens (tertiary/aromatic N) is 2. The Balaban J connectivity index is 1.60. The van der Waals surface area contributed by atoms with Crippen LogP contribution in [0.15, 0.2) is 35.7 Å². The fraction of sp³-hybridized carbons (Fsp3) is 0.278. The van der Waals surface area contributed by atoms with Gasteiger partial charge in [0.15, 0.2) is 10.6 Å². The maximum Gasteiger partial charge on any atom is 0.222 e. The van der Waals surface area contributed by atoms with E-state index in [1.54, 1.807) is 11.3 Å². The summed E-state index contributed by atoms with van der Waals surface area (Å²) in [5.74, 6) is 0.780. The molecule has 0 spiro atoms. The third-order valence-corrected chi connectivity index (χ3v) is 5.21. The highest BCUT2D eigenvalue weighted by atomic mass is 32.1. The molecule has 0 saturated carbocycles. The summed E-state index contributed by atoms with van der Waals surface area (Å²) in [7, 11) is 0. The molecule has 0 fully saturated rings. The number of amides is 1. The van der Waals surface area contributed by atoms with E-state index in [0.29, 0.717) is 24.3 Å². The Labute approximate surface area is 155 Å². The molecular weight excluding hydrogens is 352 g/mol. The predicted molar refractivity (Wildman–Crippen MR) is 103 cm³/mol. The number of aryl methyl sites for hydroxylation is 2. The summed E-state index contributed by atoms with van der Waals surface area (Å²) in [6, 6.07) is 10.2. The fourth-order valence-corrected chi connectivity index (χ4v) is 3.60. The second-order valence-corrected chi connectivity index (χ2v) is 7.27. The van der Waals surface area contributed by atoms with Crippen LogP contribution in [0.3, 0.4) is 0 Å². The van der Waals surface area contributed by atoms with E-state index >= 15 is 0 Å². The van der Waals surface area contributed by atoms with E-state index in [0.717, 1.165) is 16.3 Å². The van der Waals surface area contributed by atoms with E-state index in [1.165, 1.54) is 11.1 Å². The number of hydrogen-bond acceptors (Lipinski definition) is 4. The van der Waals surface area contributed by atoms with Crippen LogP contribution >= 0.6 is 23.6 Å². The minimum atomic E-state index is 0.000189. The Morgan fingerprint density at radius 2 is 2.20 bits per heavy atom. The summed E-state index contributed by atoms with van der Waals surface area (Å²) in [6.45, 7) is 5.17. The van der Waals surface area contributed by atoms with Crippen LogP contribution in [0.4, 0.5) is 0 Å². The van der Waals surface area contributed by atoms with Crippen molar-refractivity contribution in [3.63, 3.8) is 0 Å². The van der Waals surface area contributed by atoms with Gasteiger partial charge in [-0.25, -0.2) is 0 Å². The molecule has 5 nitrogen and oxygen atoms in total. The number of thiophene rings is 1. The van der Waals surface area contributed by atoms with E-state index in [4.69, 9.17) is 12.2 Å². The van der Waals surface area contributed by atoms with Crippen LogP contribution in [-0.4, -0.2) is 20.7 Å². The average Bonchev–Trinajstić information content (AvgIpc) is 3.21. The quantitative estimate of drug-likeness (QED) is 0.643. The molecular formula is C18H20N4OS2. The van der Waals surface area contributed by atoms with Crippen molar-refractivity contribution < 1.29 is 4.79 Å². The SMILES string of the molecule is Cc1ccc(CNC(=O)CCn2c(-c3cccs3)n[nH]c2=S)c(C)c1. The lowest BCUT2D eigenvalue weighted by Gasteiger charge is -2.10. The molecule has 0 bridgehead atoms. The normalized spacial score (nSPS) is 10.8. The molecule has 3 aromatic rings. The predicted octanol–water partition coefficient (Wildman–Crippen LogP) is 3.99. The van der Waals surface area contributed by atoms with Crippen LogP contribution in [0.25, 0.3) is 10.7 Å². The number of rotatable bonds is 6. The van der Waals surface area contributed by atoms with Gasteiger partial charge in [0.05, 0.1) is 4.88 Å². The monoisotopic (exact) mass is 372 g/mol. The smallest absolute Gasteiger partial charge is 0.222 e. The molecule has 130 valence electrons. The highest BCUT2D eigenvalue weighted by molar-refractivity contribution is 7.71. The molecule has 0 aliphatic carbocycles. The maximum atomic E-state index is 12.2. The van der Waals surface area contributed by atoms with Gasteiger partial charge in [-0.05, 0) is 48.6 Å². The van der Waals surface area contributed by atoms with Crippen LogP contribution in [-0.2, 0) is 17.9 Å². The Morgan fingerprint density at radius 3 is 2.92 bits per heavy atom. The molecule has 0 unspecified atom stereocenters. The van der Waals surface area contributed by atoms with E-state index in [-0.39, 0.29) is 5.91 Å². The van der Waals surface area contributed by atoms with Crippen molar-refractivity contribution in [1.82, 2.24) is 20.1 Å². The highest BCUT2D eigenvalue weighted by Gasteiger charge is 2.11. The van der Waals surface area contributed by atoms with E-state index in [9.17, 15) is 4.79 Å². The van der Waals surface area contributed by atoms with E-state index in [1.807, 2.05) is 22.1 Å². The zero-order valence-corrected chi connectivity index (χ0v) is 15.8. The second kappa shape index (κ2) is 7.76. The molecule has 25 heavy (non-hydrogen) atoms. The summed E-state index contributed by atoms with van der Waals surface area (Å²) < 4.78 is 2.41. The van der Waals surface area contributed by atoms with Crippen LogP contribution in [0, 0.1) is 18.6 Å². The lowest BCUT2D eigenvalue weighted by Crippen LogP contribution is -2.24. The van der Waals surface area contributed by atoms with Crippen molar-refractivity contribution in [2.24, 2.45) is 0 Å². The molecule has 1 aromatic carbocycles. The zero-order valence-electron chi connectivity index (χ0n) is 14.2. The molecule has 2 aromatic heterocycles. The Kier molecular flexibility index (Phi) is 5.45. The average molecular weight is 373 g/mol. The summed E-state index contributed by atoms with van der Waals surface area (Å²) in [5.41, 5.74) is 3.55. The zero-order chi connectivity index (χ0) is 17.8. The first-order valence-electron chi connectivity index (χ1n) is 8.06. The molecule has 0 aliphatic heterocycles. The van der Waals surface area contributed by atoms with Gasteiger partial charge in [0.1, 0.15) is 0 Å². The van der Waals surface area contributed by atoms with Gasteiger partial charge in [-0.3, -0.25) is 14.5 Å². The first kappa shape index (κ1) is 17.6. The van der Waals surface area contributed by atoms with Gasteiger partial charge in [0.2, 0.25) is 5.91 Å². The molecule has 1 amide bonds. The first-order chi connectivity index (χ1) is 12.0. The van der Waals surface area contributed by atoms with Crippen molar-refractivity contribution in [2.45, 2.75) is 33.4 Å². The number of H-pyrrole nitrogens is 1. The minimum absolute atomic E-state index is 0.000189. The molecule has 0 radical (unpaired) electrons. The molecule has 2 heterocycles. The van der Waals surface area contributed by atoms with Gasteiger partial charge < -0.3 is 5.32 Å². The molecule has 0 aliphatic rings. The molecule has 3 rings (SSSR count). The number of carbonyl (C=O) groups is 1. The Bertz CT molecular complexity index is 925. The highest BCUT2D eigenvalue weighted by Crippen LogP contribution is 2.22. The van der Waals surface area contributed by atoms with Gasteiger partial charge in [0, 0.05) is 19.5 Å². The molecule has 0 atom stereocenters. The summed E-state index contributed by atoms with van der Waals surface area (Å²) in [5, 5.41) is 12.1. The number of carbonyl (C=O) groups excluding carboxylic acids is 1. The molecule has 0 saturated heterocycles. The fourth-order valence-electron chi connectivity index (χ4n) is 2.66. The van der Waals surface area contributed by atoms with Gasteiger partial charge in [0.25, 0.3) is 0 Å². The summed E-state index contributed by atoms with van der Waals surface area (Å²) in [6.07, 6.45) is 0.358. The van der Waals surface area contributed by atoms with Gasteiger partial charge >= 0.3 is 0 Å². The lowest BCUT2D eigenvalue weighted by atomic mass is 10.1. The van der Waals surface area contributed by atoms with Crippen molar-refractivity contribution in [3.05, 3.63) is 57.2 Å². The van der Waals surface area contributed by atoms with Crippen LogP contribution in [0.5, 0.6) is 0 Å². The van der Waals surface area contributed by atoms with Crippen molar-refractivity contribution in [3.8, 4) is 10.7 Å². The number of hydrogen-bond donors (Lipinski definition) is 2. The Morgan fingerprint density at radius 1 is 1.36 bits per heavy atom. The summed E-state index contributed by atoms with van der Waals surface area (Å²) >= 11 is 6.88. The summed E-state index contributed by atoms with van der Waals surface area (Å²) in [4.78, 5) is 13.2. The lowest BCUT2D eigenvalue weighted by molar-refractivity contribution is -0.121. The number of aromatic nitrogens is 3. The van der Waals surface area contributed by atoms with Crippen molar-refractivity contribution in [2.75, 3.05) is 0 Å². The second-order valence-electron chi connectivity index (χ2n) is 5.94. The minimum Gasteiger partial charge on any atom is -0.352 e. The van der Waals surface area contributed by atoms with Crippen molar-refractivity contribution in [1.29, 1.82) is 0 Å². The largest absolute Gasteiger partial charge is 0.352 e. The maximum absolute atomic E-state index is 12.2. The first-order valence-corrected chi connectivity index (χ1v) is 9.35. The van der Waals surface area contributed by atoms with Gasteiger partial charge in [-0.15, -0.1) is 11.3 Å². The molecule has 7 heteroatoms. The van der Waals surface area contributed by atoms with E-state index < -0.39 is 0 Å².